The van der Waals surface area contributed by atoms with Crippen molar-refractivity contribution in [3.8, 4) is 0 Å². The van der Waals surface area contributed by atoms with E-state index < -0.39 is 28.7 Å². The minimum Gasteiger partial charge on any atom is -0.423 e. The summed E-state index contributed by atoms with van der Waals surface area (Å²) < 4.78 is 5.17. The summed E-state index contributed by atoms with van der Waals surface area (Å²) in [6.45, 7) is 4.84. The van der Waals surface area contributed by atoms with Gasteiger partial charge >= 0.3 is 5.97 Å². The monoisotopic (exact) mass is 280 g/mol. The van der Waals surface area contributed by atoms with E-state index in [1.54, 1.807) is 13.8 Å². The Hall–Kier alpha value is -1.17. The van der Waals surface area contributed by atoms with Gasteiger partial charge < -0.3 is 20.1 Å². The predicted octanol–water partition coefficient (Wildman–Crippen LogP) is 0.790. The van der Waals surface area contributed by atoms with Crippen molar-refractivity contribution >= 4 is 5.97 Å². The van der Waals surface area contributed by atoms with E-state index in [-0.39, 0.29) is 0 Å². The molecule has 20 heavy (non-hydrogen) atoms. The van der Waals surface area contributed by atoms with Gasteiger partial charge in [-0.15, -0.1) is 0 Å². The maximum Gasteiger partial charge on any atom is 0.339 e. The molecule has 5 nitrogen and oxygen atoms in total. The zero-order chi connectivity index (χ0) is 14.9. The Morgan fingerprint density at radius 2 is 1.90 bits per heavy atom. The van der Waals surface area contributed by atoms with Crippen LogP contribution in [0.1, 0.15) is 40.0 Å². The van der Waals surface area contributed by atoms with Gasteiger partial charge in [-0.05, 0) is 46.1 Å². The molecule has 0 bridgehead atoms. The van der Waals surface area contributed by atoms with Gasteiger partial charge in [-0.3, -0.25) is 0 Å². The standard InChI is InChI=1S/C15H20O5/c1-8-9-6-11-13(2,17)4-5-15(11,19)14(3,18)7-10(9)20-12(8)16/h7,11,17-19H,4-6H2,1-3H3/t11-,13+,14-,15+/m1/s1. The second kappa shape index (κ2) is 3.72. The SMILES string of the molecule is CC1=C2C[C@@H]3[C@@](C)(O)CC[C@@]3(O)[C@](C)(O)C=C2OC1=O. The third-order valence-electron chi connectivity index (χ3n) is 5.30. The van der Waals surface area contributed by atoms with Crippen LogP contribution in [-0.4, -0.2) is 38.1 Å². The Balaban J connectivity index is 2.18. The highest BCUT2D eigenvalue weighted by Gasteiger charge is 2.62. The fourth-order valence-corrected chi connectivity index (χ4v) is 3.80. The summed E-state index contributed by atoms with van der Waals surface area (Å²) >= 11 is 0. The van der Waals surface area contributed by atoms with E-state index in [0.717, 1.165) is 0 Å². The number of hydrogen-bond acceptors (Lipinski definition) is 5. The van der Waals surface area contributed by atoms with Gasteiger partial charge in [0.05, 0.1) is 5.60 Å². The number of carbonyl (C=O) groups excluding carboxylic acids is 1. The molecule has 2 aliphatic carbocycles. The lowest BCUT2D eigenvalue weighted by Crippen LogP contribution is -2.56. The lowest BCUT2D eigenvalue weighted by atomic mass is 9.72. The number of allylic oxidation sites excluding steroid dienone is 1. The highest BCUT2D eigenvalue weighted by atomic mass is 16.5. The molecule has 0 spiro atoms. The van der Waals surface area contributed by atoms with E-state index in [0.29, 0.717) is 36.2 Å². The molecule has 1 heterocycles. The fraction of sp³-hybridized carbons (Fsp3) is 0.667. The second-order valence-corrected chi connectivity index (χ2v) is 6.69. The van der Waals surface area contributed by atoms with Crippen LogP contribution in [0.3, 0.4) is 0 Å². The summed E-state index contributed by atoms with van der Waals surface area (Å²) in [4.78, 5) is 11.7. The van der Waals surface area contributed by atoms with E-state index in [9.17, 15) is 20.1 Å². The van der Waals surface area contributed by atoms with Gasteiger partial charge in [-0.1, -0.05) is 0 Å². The van der Waals surface area contributed by atoms with Crippen molar-refractivity contribution in [1.82, 2.24) is 0 Å². The minimum absolute atomic E-state index is 0.307. The molecule has 3 aliphatic rings. The first-order valence-electron chi connectivity index (χ1n) is 6.91. The molecule has 0 aromatic rings. The summed E-state index contributed by atoms with van der Waals surface area (Å²) in [5.41, 5.74) is -2.90. The minimum atomic E-state index is -1.56. The van der Waals surface area contributed by atoms with Gasteiger partial charge in [0.25, 0.3) is 0 Å². The zero-order valence-electron chi connectivity index (χ0n) is 11.9. The molecule has 0 unspecified atom stereocenters. The molecule has 0 saturated heterocycles. The highest BCUT2D eigenvalue weighted by Crippen LogP contribution is 2.55. The molecular weight excluding hydrogens is 260 g/mol. The number of carbonyl (C=O) groups is 1. The Labute approximate surface area is 117 Å². The molecular formula is C15H20O5. The van der Waals surface area contributed by atoms with E-state index in [1.165, 1.54) is 13.0 Å². The van der Waals surface area contributed by atoms with Crippen LogP contribution in [0.15, 0.2) is 23.0 Å². The lowest BCUT2D eigenvalue weighted by Gasteiger charge is -2.42. The Morgan fingerprint density at radius 3 is 2.55 bits per heavy atom. The number of aliphatic hydroxyl groups is 3. The number of rotatable bonds is 0. The third kappa shape index (κ3) is 1.57. The van der Waals surface area contributed by atoms with Crippen molar-refractivity contribution in [1.29, 1.82) is 0 Å². The van der Waals surface area contributed by atoms with E-state index in [2.05, 4.69) is 0 Å². The van der Waals surface area contributed by atoms with Crippen LogP contribution in [-0.2, 0) is 9.53 Å². The average molecular weight is 280 g/mol. The topological polar surface area (TPSA) is 87.0 Å². The Kier molecular flexibility index (Phi) is 2.57. The number of esters is 1. The smallest absolute Gasteiger partial charge is 0.339 e. The van der Waals surface area contributed by atoms with Crippen LogP contribution in [0, 0.1) is 5.92 Å². The van der Waals surface area contributed by atoms with Gasteiger partial charge in [0.2, 0.25) is 0 Å². The molecule has 1 saturated carbocycles. The maximum atomic E-state index is 11.7. The molecule has 5 heteroatoms. The van der Waals surface area contributed by atoms with Crippen LogP contribution in [0.4, 0.5) is 0 Å². The van der Waals surface area contributed by atoms with E-state index in [1.807, 2.05) is 0 Å². The molecule has 3 rings (SSSR count). The van der Waals surface area contributed by atoms with Crippen LogP contribution in [0.2, 0.25) is 0 Å². The maximum absolute atomic E-state index is 11.7. The van der Waals surface area contributed by atoms with Crippen LogP contribution in [0.5, 0.6) is 0 Å². The van der Waals surface area contributed by atoms with Crippen molar-refractivity contribution in [2.75, 3.05) is 0 Å². The average Bonchev–Trinajstić information content (AvgIpc) is 2.67. The first kappa shape index (κ1) is 13.8. The Bertz CT molecular complexity index is 555. The van der Waals surface area contributed by atoms with Crippen LogP contribution < -0.4 is 0 Å². The second-order valence-electron chi connectivity index (χ2n) is 6.69. The van der Waals surface area contributed by atoms with Gasteiger partial charge in [0, 0.05) is 17.1 Å². The molecule has 4 atom stereocenters. The Morgan fingerprint density at radius 1 is 1.25 bits per heavy atom. The molecule has 0 aromatic heterocycles. The molecule has 1 aliphatic heterocycles. The van der Waals surface area contributed by atoms with E-state index >= 15 is 0 Å². The first-order valence-corrected chi connectivity index (χ1v) is 6.91. The van der Waals surface area contributed by atoms with Gasteiger partial charge in [0.1, 0.15) is 17.0 Å². The zero-order valence-corrected chi connectivity index (χ0v) is 11.9. The highest BCUT2D eigenvalue weighted by molar-refractivity contribution is 5.94. The van der Waals surface area contributed by atoms with Gasteiger partial charge in [0.15, 0.2) is 0 Å². The van der Waals surface area contributed by atoms with Gasteiger partial charge in [-0.25, -0.2) is 4.79 Å². The van der Waals surface area contributed by atoms with E-state index in [4.69, 9.17) is 4.74 Å². The lowest BCUT2D eigenvalue weighted by molar-refractivity contribution is -0.157. The summed E-state index contributed by atoms with van der Waals surface area (Å²) in [5, 5.41) is 32.2. The molecule has 0 radical (unpaired) electrons. The van der Waals surface area contributed by atoms with Crippen molar-refractivity contribution in [3.05, 3.63) is 23.0 Å². The van der Waals surface area contributed by atoms with Crippen LogP contribution in [0.25, 0.3) is 0 Å². The van der Waals surface area contributed by atoms with Crippen molar-refractivity contribution in [2.24, 2.45) is 5.92 Å². The third-order valence-corrected chi connectivity index (χ3v) is 5.30. The summed E-state index contributed by atoms with van der Waals surface area (Å²) in [6, 6.07) is 0. The first-order chi connectivity index (χ1) is 9.08. The van der Waals surface area contributed by atoms with Crippen molar-refractivity contribution < 1.29 is 24.9 Å². The summed E-state index contributed by atoms with van der Waals surface area (Å²) in [6.07, 6.45) is 2.46. The number of hydrogen-bond donors (Lipinski definition) is 3. The van der Waals surface area contributed by atoms with Crippen LogP contribution >= 0.6 is 0 Å². The predicted molar refractivity (Wildman–Crippen MR) is 70.4 cm³/mol. The molecule has 110 valence electrons. The quantitative estimate of drug-likeness (QED) is 0.571. The fourth-order valence-electron chi connectivity index (χ4n) is 3.80. The summed E-state index contributed by atoms with van der Waals surface area (Å²) in [5.74, 6) is -0.653. The molecule has 3 N–H and O–H groups in total. The number of fused-ring (bicyclic) bond motifs is 2. The molecule has 0 amide bonds. The normalized spacial score (nSPS) is 47.6. The summed E-state index contributed by atoms with van der Waals surface area (Å²) in [7, 11) is 0. The number of ether oxygens (including phenoxy) is 1. The largest absolute Gasteiger partial charge is 0.423 e. The molecule has 0 aromatic carbocycles. The van der Waals surface area contributed by atoms with Gasteiger partial charge in [-0.2, -0.15) is 0 Å². The van der Waals surface area contributed by atoms with Crippen molar-refractivity contribution in [2.45, 2.75) is 56.8 Å². The molecule has 1 fully saturated rings. The van der Waals surface area contributed by atoms with Crippen molar-refractivity contribution in [3.63, 3.8) is 0 Å².